The monoisotopic (exact) mass is 251 g/mol. The zero-order chi connectivity index (χ0) is 13.5. The van der Waals surface area contributed by atoms with Gasteiger partial charge in [0, 0.05) is 12.5 Å². The molecule has 0 aromatic carbocycles. The first kappa shape index (κ1) is 14.0. The lowest BCUT2D eigenvalue weighted by Crippen LogP contribution is -2.15. The summed E-state index contributed by atoms with van der Waals surface area (Å²) in [4.78, 5) is 16.7. The lowest BCUT2D eigenvalue weighted by atomic mass is 10.1. The second kappa shape index (κ2) is 6.64. The predicted molar refractivity (Wildman–Crippen MR) is 69.0 cm³/mol. The average molecular weight is 251 g/mol. The molecule has 5 nitrogen and oxygen atoms in total. The van der Waals surface area contributed by atoms with Crippen molar-refractivity contribution in [1.82, 2.24) is 0 Å². The van der Waals surface area contributed by atoms with E-state index in [2.05, 4.69) is 11.7 Å². The Labute approximate surface area is 105 Å². The number of nitrogens with zero attached hydrogens (tertiary/aromatic N) is 1. The Bertz CT molecular complexity index is 502. The first-order chi connectivity index (χ1) is 8.63. The van der Waals surface area contributed by atoms with Gasteiger partial charge in [-0.25, -0.2) is 4.79 Å². The van der Waals surface area contributed by atoms with E-state index in [0.717, 1.165) is 0 Å². The van der Waals surface area contributed by atoms with Crippen LogP contribution in [-0.4, -0.2) is 17.4 Å². The zero-order valence-corrected chi connectivity index (χ0v) is 10.6. The van der Waals surface area contributed by atoms with Crippen LogP contribution >= 0.6 is 0 Å². The minimum atomic E-state index is -0.602. The van der Waals surface area contributed by atoms with Crippen LogP contribution in [0.25, 0.3) is 0 Å². The summed E-state index contributed by atoms with van der Waals surface area (Å²) >= 11 is 0. The van der Waals surface area contributed by atoms with Crippen LogP contribution in [0.1, 0.15) is 31.6 Å². The summed E-state index contributed by atoms with van der Waals surface area (Å²) < 4.78 is 5.06. The molecule has 0 fully saturated rings. The summed E-state index contributed by atoms with van der Waals surface area (Å²) in [5.74, 6) is 0.301. The summed E-state index contributed by atoms with van der Waals surface area (Å²) in [7, 11) is 0. The van der Waals surface area contributed by atoms with Gasteiger partial charge in [-0.05, 0) is 6.42 Å². The molecule has 98 valence electrons. The fourth-order valence-electron chi connectivity index (χ4n) is 1.42. The lowest BCUT2D eigenvalue weighted by Gasteiger charge is -2.06. The minimum Gasteiger partial charge on any atom is -0.507 e. The van der Waals surface area contributed by atoms with Gasteiger partial charge in [-0.3, -0.25) is 0 Å². The van der Waals surface area contributed by atoms with Crippen LogP contribution in [0.5, 0.6) is 5.75 Å². The minimum absolute atomic E-state index is 0.0544. The summed E-state index contributed by atoms with van der Waals surface area (Å²) in [6.07, 6.45) is 2.52. The molecular formula is C13H17NO4. The second-order valence-electron chi connectivity index (χ2n) is 3.59. The molecule has 1 heterocycles. The van der Waals surface area contributed by atoms with Crippen LogP contribution in [0.15, 0.2) is 33.1 Å². The first-order valence-corrected chi connectivity index (χ1v) is 5.80. The van der Waals surface area contributed by atoms with Crippen LogP contribution in [0.3, 0.4) is 0 Å². The molecule has 0 spiro atoms. The number of hydrogen-bond donors (Lipinski definition) is 1. The summed E-state index contributed by atoms with van der Waals surface area (Å²) in [5, 5.41) is 13.6. The van der Waals surface area contributed by atoms with Gasteiger partial charge in [0.1, 0.15) is 23.7 Å². The fraction of sp³-hybridized carbons (Fsp3) is 0.385. The molecule has 0 aliphatic heterocycles. The molecule has 0 amide bonds. The van der Waals surface area contributed by atoms with Crippen molar-refractivity contribution in [2.24, 2.45) is 5.16 Å². The van der Waals surface area contributed by atoms with Gasteiger partial charge in [0.25, 0.3) is 0 Å². The van der Waals surface area contributed by atoms with Crippen molar-refractivity contribution in [1.29, 1.82) is 0 Å². The number of aryl methyl sites for hydroxylation is 1. The van der Waals surface area contributed by atoms with Gasteiger partial charge in [0.05, 0.1) is 5.71 Å². The van der Waals surface area contributed by atoms with Crippen LogP contribution in [0.4, 0.5) is 0 Å². The molecule has 0 bridgehead atoms. The van der Waals surface area contributed by atoms with E-state index in [0.29, 0.717) is 24.3 Å². The molecule has 0 saturated heterocycles. The summed E-state index contributed by atoms with van der Waals surface area (Å²) in [5.41, 5.74) is -0.195. The van der Waals surface area contributed by atoms with Gasteiger partial charge >= 0.3 is 5.63 Å². The van der Waals surface area contributed by atoms with Crippen molar-refractivity contribution in [3.8, 4) is 5.75 Å². The molecule has 5 heteroatoms. The van der Waals surface area contributed by atoms with Crippen molar-refractivity contribution in [3.05, 3.63) is 40.5 Å². The highest BCUT2D eigenvalue weighted by molar-refractivity contribution is 6.01. The van der Waals surface area contributed by atoms with Gasteiger partial charge in [-0.15, -0.1) is 0 Å². The number of oxime groups is 1. The standard InChI is InChI=1S/C13H17NO4/c1-4-7-17-14-10(6-3)12-11(15)8-9(5-2)18-13(12)16/h4,8,15H,1,5-7H2,2-3H3/b14-10-. The Morgan fingerprint density at radius 3 is 2.83 bits per heavy atom. The fourth-order valence-corrected chi connectivity index (χ4v) is 1.42. The Morgan fingerprint density at radius 2 is 2.33 bits per heavy atom. The Morgan fingerprint density at radius 1 is 1.61 bits per heavy atom. The highest BCUT2D eigenvalue weighted by Gasteiger charge is 2.16. The molecule has 0 aliphatic carbocycles. The smallest absolute Gasteiger partial charge is 0.349 e. The molecule has 0 radical (unpaired) electrons. The molecule has 0 aliphatic rings. The van der Waals surface area contributed by atoms with E-state index in [1.54, 1.807) is 6.08 Å². The average Bonchev–Trinajstić information content (AvgIpc) is 2.35. The summed E-state index contributed by atoms with van der Waals surface area (Å²) in [6.45, 7) is 7.37. The third-order valence-corrected chi connectivity index (χ3v) is 2.32. The molecule has 0 unspecified atom stereocenters. The van der Waals surface area contributed by atoms with Crippen LogP contribution < -0.4 is 5.63 Å². The van der Waals surface area contributed by atoms with E-state index in [1.165, 1.54) is 6.07 Å². The summed E-state index contributed by atoms with van der Waals surface area (Å²) in [6, 6.07) is 1.43. The quantitative estimate of drug-likeness (QED) is 0.364. The molecule has 1 aromatic rings. The molecule has 0 atom stereocenters. The highest BCUT2D eigenvalue weighted by Crippen LogP contribution is 2.17. The topological polar surface area (TPSA) is 72.0 Å². The highest BCUT2D eigenvalue weighted by atomic mass is 16.6. The van der Waals surface area contributed by atoms with E-state index in [1.807, 2.05) is 13.8 Å². The molecule has 1 aromatic heterocycles. The third-order valence-electron chi connectivity index (χ3n) is 2.32. The maximum atomic E-state index is 11.8. The SMILES string of the molecule is C=CCO/N=C(/CC)c1c(O)cc(CC)oc1=O. The maximum Gasteiger partial charge on any atom is 0.349 e. The van der Waals surface area contributed by atoms with Crippen LogP contribution in [0.2, 0.25) is 0 Å². The largest absolute Gasteiger partial charge is 0.507 e. The predicted octanol–water partition coefficient (Wildman–Crippen LogP) is 2.22. The van der Waals surface area contributed by atoms with E-state index in [9.17, 15) is 9.90 Å². The van der Waals surface area contributed by atoms with E-state index in [4.69, 9.17) is 9.25 Å². The molecule has 18 heavy (non-hydrogen) atoms. The van der Waals surface area contributed by atoms with Gasteiger partial charge < -0.3 is 14.4 Å². The number of rotatable bonds is 6. The van der Waals surface area contributed by atoms with Gasteiger partial charge in [-0.1, -0.05) is 31.7 Å². The Kier molecular flexibility index (Phi) is 5.17. The molecule has 1 N–H and O–H groups in total. The maximum absolute atomic E-state index is 11.8. The number of aromatic hydroxyl groups is 1. The Hall–Kier alpha value is -2.04. The van der Waals surface area contributed by atoms with Crippen molar-refractivity contribution in [2.75, 3.05) is 6.61 Å². The van der Waals surface area contributed by atoms with Gasteiger partial charge in [0.15, 0.2) is 0 Å². The van der Waals surface area contributed by atoms with Crippen molar-refractivity contribution < 1.29 is 14.4 Å². The van der Waals surface area contributed by atoms with Gasteiger partial charge in [0.2, 0.25) is 0 Å². The van der Waals surface area contributed by atoms with Crippen LogP contribution in [-0.2, 0) is 11.3 Å². The van der Waals surface area contributed by atoms with E-state index in [-0.39, 0.29) is 17.9 Å². The van der Waals surface area contributed by atoms with Gasteiger partial charge in [-0.2, -0.15) is 0 Å². The Balaban J connectivity index is 3.17. The van der Waals surface area contributed by atoms with E-state index >= 15 is 0 Å². The van der Waals surface area contributed by atoms with Crippen molar-refractivity contribution >= 4 is 5.71 Å². The van der Waals surface area contributed by atoms with Crippen LogP contribution in [0, 0.1) is 0 Å². The second-order valence-corrected chi connectivity index (χ2v) is 3.59. The number of hydrogen-bond acceptors (Lipinski definition) is 5. The third kappa shape index (κ3) is 3.23. The van der Waals surface area contributed by atoms with Crippen molar-refractivity contribution in [3.63, 3.8) is 0 Å². The normalized spacial score (nSPS) is 11.3. The first-order valence-electron chi connectivity index (χ1n) is 5.80. The van der Waals surface area contributed by atoms with Crippen molar-refractivity contribution in [2.45, 2.75) is 26.7 Å². The molecular weight excluding hydrogens is 234 g/mol. The zero-order valence-electron chi connectivity index (χ0n) is 10.6. The van der Waals surface area contributed by atoms with E-state index < -0.39 is 5.63 Å². The molecule has 0 saturated carbocycles. The molecule has 1 rings (SSSR count). The lowest BCUT2D eigenvalue weighted by molar-refractivity contribution is 0.174.